The predicted octanol–water partition coefficient (Wildman–Crippen LogP) is 5.78. The molecule has 0 fully saturated rings. The van der Waals surface area contributed by atoms with Crippen LogP contribution in [0, 0.1) is 0 Å². The van der Waals surface area contributed by atoms with E-state index in [1.807, 2.05) is 56.6 Å². The van der Waals surface area contributed by atoms with Crippen LogP contribution >= 0.6 is 0 Å². The fraction of sp³-hybridized carbons (Fsp3) is 0.120. The summed E-state index contributed by atoms with van der Waals surface area (Å²) < 4.78 is 11.5. The van der Waals surface area contributed by atoms with Crippen molar-refractivity contribution in [1.29, 1.82) is 0 Å². The van der Waals surface area contributed by atoms with E-state index in [-0.39, 0.29) is 0 Å². The molecule has 0 N–H and O–H groups in total. The highest BCUT2D eigenvalue weighted by Crippen LogP contribution is 2.36. The van der Waals surface area contributed by atoms with Gasteiger partial charge in [-0.25, -0.2) is 9.97 Å². The van der Waals surface area contributed by atoms with Gasteiger partial charge in [-0.05, 0) is 42.5 Å². The Labute approximate surface area is 174 Å². The molecular weight excluding hydrogens is 374 g/mol. The predicted molar refractivity (Wildman–Crippen MR) is 121 cm³/mol. The van der Waals surface area contributed by atoms with Crippen LogP contribution in [-0.4, -0.2) is 31.2 Å². The summed E-state index contributed by atoms with van der Waals surface area (Å²) in [7, 11) is 5.72. The number of hydrogen-bond donors (Lipinski definition) is 0. The van der Waals surface area contributed by atoms with Crippen LogP contribution in [0.3, 0.4) is 0 Å². The van der Waals surface area contributed by atoms with Gasteiger partial charge < -0.3 is 14.1 Å². The summed E-state index contributed by atoms with van der Waals surface area (Å²) in [5.74, 6) is 1.34. The summed E-state index contributed by atoms with van der Waals surface area (Å²) >= 11 is 0. The summed E-state index contributed by atoms with van der Waals surface area (Å²) in [6, 6.07) is 24.1. The molecule has 3 aromatic carbocycles. The minimum Gasteiger partial charge on any atom is -0.497 e. The summed E-state index contributed by atoms with van der Waals surface area (Å²) in [5, 5.41) is 1.00. The van der Waals surface area contributed by atoms with Crippen molar-refractivity contribution in [3.8, 4) is 28.5 Å². The van der Waals surface area contributed by atoms with E-state index in [0.717, 1.165) is 50.3 Å². The Balaban J connectivity index is 1.75. The van der Waals surface area contributed by atoms with Crippen LogP contribution in [0.1, 0.15) is 0 Å². The first kappa shape index (κ1) is 18.2. The number of para-hydroxylation sites is 2. The Kier molecular flexibility index (Phi) is 4.36. The first-order valence-electron chi connectivity index (χ1n) is 9.75. The molecule has 0 aliphatic carbocycles. The van der Waals surface area contributed by atoms with Crippen LogP contribution in [0.15, 0.2) is 77.2 Å². The molecule has 0 radical (unpaired) electrons. The zero-order chi connectivity index (χ0) is 20.7. The number of oxazole rings is 1. The van der Waals surface area contributed by atoms with Gasteiger partial charge in [-0.1, -0.05) is 24.3 Å². The normalized spacial score (nSPS) is 11.2. The second-order valence-corrected chi connectivity index (χ2v) is 7.37. The topological polar surface area (TPSA) is 51.4 Å². The Morgan fingerprint density at radius 1 is 0.833 bits per heavy atom. The van der Waals surface area contributed by atoms with Gasteiger partial charge in [0.1, 0.15) is 11.3 Å². The van der Waals surface area contributed by atoms with Gasteiger partial charge in [0.05, 0.1) is 23.9 Å². The average molecular weight is 395 g/mol. The Hall–Kier alpha value is -3.86. The lowest BCUT2D eigenvalue weighted by Gasteiger charge is -2.14. The molecule has 0 atom stereocenters. The summed E-state index contributed by atoms with van der Waals surface area (Å²) in [6.45, 7) is 0. The first-order valence-corrected chi connectivity index (χ1v) is 9.75. The third-order valence-corrected chi connectivity index (χ3v) is 5.21. The summed E-state index contributed by atoms with van der Waals surface area (Å²) in [6.07, 6.45) is 0. The van der Waals surface area contributed by atoms with Crippen LogP contribution in [0.5, 0.6) is 5.75 Å². The highest BCUT2D eigenvalue weighted by molar-refractivity contribution is 5.91. The van der Waals surface area contributed by atoms with Crippen molar-refractivity contribution >= 4 is 27.7 Å². The molecule has 0 aliphatic rings. The molecule has 5 aromatic rings. The number of aromatic nitrogens is 2. The molecule has 0 unspecified atom stereocenters. The molecule has 148 valence electrons. The lowest BCUT2D eigenvalue weighted by atomic mass is 10.0. The molecule has 5 rings (SSSR count). The maximum atomic E-state index is 6.09. The highest BCUT2D eigenvalue weighted by Gasteiger charge is 2.17. The van der Waals surface area contributed by atoms with E-state index in [4.69, 9.17) is 19.1 Å². The van der Waals surface area contributed by atoms with Gasteiger partial charge in [0.15, 0.2) is 5.58 Å². The molecule has 0 saturated carbocycles. The number of methoxy groups -OCH3 is 1. The minimum atomic E-state index is 0.563. The van der Waals surface area contributed by atoms with Crippen LogP contribution in [0.4, 0.5) is 5.69 Å². The van der Waals surface area contributed by atoms with E-state index < -0.39 is 0 Å². The fourth-order valence-corrected chi connectivity index (χ4v) is 3.56. The van der Waals surface area contributed by atoms with Crippen molar-refractivity contribution in [2.24, 2.45) is 0 Å². The number of anilines is 1. The molecule has 0 saturated heterocycles. The van der Waals surface area contributed by atoms with Gasteiger partial charge in [0.25, 0.3) is 0 Å². The standard InChI is InChI=1S/C25H21N3O2/c1-28(2)18-11-8-16(9-12-18)24-20(25-27-21-6-4-5-7-23(21)30-25)14-17-10-13-19(29-3)15-22(17)26-24/h4-15H,1-3H3. The third kappa shape index (κ3) is 3.14. The SMILES string of the molecule is COc1ccc2cc(-c3nc4ccccc4o3)c(-c3ccc(N(C)C)cc3)nc2c1. The van der Waals surface area contributed by atoms with Crippen molar-refractivity contribution in [2.45, 2.75) is 0 Å². The van der Waals surface area contributed by atoms with E-state index in [0.29, 0.717) is 5.89 Å². The van der Waals surface area contributed by atoms with E-state index in [2.05, 4.69) is 35.2 Å². The van der Waals surface area contributed by atoms with Gasteiger partial charge in [-0.3, -0.25) is 0 Å². The largest absolute Gasteiger partial charge is 0.497 e. The fourth-order valence-electron chi connectivity index (χ4n) is 3.56. The second-order valence-electron chi connectivity index (χ2n) is 7.37. The van der Waals surface area contributed by atoms with Crippen molar-refractivity contribution in [1.82, 2.24) is 9.97 Å². The quantitative estimate of drug-likeness (QED) is 0.386. The Bertz CT molecular complexity index is 1320. The molecular formula is C25H21N3O2. The van der Waals surface area contributed by atoms with Crippen molar-refractivity contribution < 1.29 is 9.15 Å². The average Bonchev–Trinajstić information content (AvgIpc) is 3.22. The molecule has 2 aromatic heterocycles. The highest BCUT2D eigenvalue weighted by atomic mass is 16.5. The number of hydrogen-bond acceptors (Lipinski definition) is 5. The number of benzene rings is 3. The number of fused-ring (bicyclic) bond motifs is 2. The number of rotatable bonds is 4. The van der Waals surface area contributed by atoms with Gasteiger partial charge in [-0.15, -0.1) is 0 Å². The molecule has 0 aliphatic heterocycles. The van der Waals surface area contributed by atoms with Crippen molar-refractivity contribution in [3.05, 3.63) is 72.8 Å². The van der Waals surface area contributed by atoms with Crippen molar-refractivity contribution in [3.63, 3.8) is 0 Å². The zero-order valence-corrected chi connectivity index (χ0v) is 17.1. The second kappa shape index (κ2) is 7.19. The minimum absolute atomic E-state index is 0.563. The lowest BCUT2D eigenvalue weighted by molar-refractivity contribution is 0.415. The first-order chi connectivity index (χ1) is 14.6. The van der Waals surface area contributed by atoms with E-state index in [1.165, 1.54) is 0 Å². The summed E-state index contributed by atoms with van der Waals surface area (Å²) in [5.41, 5.74) is 6.27. The van der Waals surface area contributed by atoms with E-state index >= 15 is 0 Å². The van der Waals surface area contributed by atoms with Crippen LogP contribution < -0.4 is 9.64 Å². The van der Waals surface area contributed by atoms with E-state index in [9.17, 15) is 0 Å². The molecule has 5 nitrogen and oxygen atoms in total. The maximum absolute atomic E-state index is 6.09. The molecule has 0 spiro atoms. The zero-order valence-electron chi connectivity index (χ0n) is 17.1. The Morgan fingerprint density at radius 3 is 2.37 bits per heavy atom. The number of nitrogens with zero attached hydrogens (tertiary/aromatic N) is 3. The van der Waals surface area contributed by atoms with Crippen LogP contribution in [0.25, 0.3) is 44.7 Å². The third-order valence-electron chi connectivity index (χ3n) is 5.21. The van der Waals surface area contributed by atoms with Gasteiger partial charge in [0.2, 0.25) is 5.89 Å². The van der Waals surface area contributed by atoms with Crippen LogP contribution in [0.2, 0.25) is 0 Å². The van der Waals surface area contributed by atoms with Crippen LogP contribution in [-0.2, 0) is 0 Å². The molecule has 0 bridgehead atoms. The summed E-state index contributed by atoms with van der Waals surface area (Å²) in [4.78, 5) is 11.8. The lowest BCUT2D eigenvalue weighted by Crippen LogP contribution is -2.08. The number of pyridine rings is 1. The van der Waals surface area contributed by atoms with Gasteiger partial charge in [-0.2, -0.15) is 0 Å². The smallest absolute Gasteiger partial charge is 0.229 e. The maximum Gasteiger partial charge on any atom is 0.229 e. The molecule has 5 heteroatoms. The molecule has 30 heavy (non-hydrogen) atoms. The monoisotopic (exact) mass is 395 g/mol. The Morgan fingerprint density at radius 2 is 1.63 bits per heavy atom. The van der Waals surface area contributed by atoms with Gasteiger partial charge in [0, 0.05) is 36.8 Å². The molecule has 0 amide bonds. The van der Waals surface area contributed by atoms with Gasteiger partial charge >= 0.3 is 0 Å². The van der Waals surface area contributed by atoms with Crippen molar-refractivity contribution in [2.75, 3.05) is 26.1 Å². The van der Waals surface area contributed by atoms with E-state index in [1.54, 1.807) is 7.11 Å². The molecule has 2 heterocycles. The number of ether oxygens (including phenoxy) is 1.